The van der Waals surface area contributed by atoms with Crippen molar-refractivity contribution in [3.8, 4) is 0 Å². The molecule has 9 nitrogen and oxygen atoms in total. The molecule has 2 aliphatic rings. The quantitative estimate of drug-likeness (QED) is 0.558. The second-order valence-electron chi connectivity index (χ2n) is 9.66. The van der Waals surface area contributed by atoms with E-state index < -0.39 is 30.4 Å². The van der Waals surface area contributed by atoms with Crippen LogP contribution in [-0.4, -0.2) is 58.5 Å². The van der Waals surface area contributed by atoms with Gasteiger partial charge in [-0.05, 0) is 86.1 Å². The lowest BCUT2D eigenvalue weighted by Crippen LogP contribution is -2.48. The summed E-state index contributed by atoms with van der Waals surface area (Å²) in [5.41, 5.74) is 3.65. The van der Waals surface area contributed by atoms with Crippen LogP contribution in [0.1, 0.15) is 60.4 Å². The molecule has 0 bridgehead atoms. The fourth-order valence-electron chi connectivity index (χ4n) is 5.51. The highest BCUT2D eigenvalue weighted by molar-refractivity contribution is 5.99. The zero-order valence-electron chi connectivity index (χ0n) is 21.1. The van der Waals surface area contributed by atoms with Crippen LogP contribution >= 0.6 is 0 Å². The zero-order chi connectivity index (χ0) is 26.9. The van der Waals surface area contributed by atoms with Crippen molar-refractivity contribution in [1.29, 1.82) is 0 Å². The number of rotatable bonds is 5. The summed E-state index contributed by atoms with van der Waals surface area (Å²) in [4.78, 5) is 52.8. The fraction of sp³-hybridized carbons (Fsp3) is 0.407. The van der Waals surface area contributed by atoms with Gasteiger partial charge in [0.25, 0.3) is 0 Å². The molecule has 2 aromatic carbocycles. The number of aryl methyl sites for hydroxylation is 2. The number of amides is 5. The minimum atomic E-state index is -1.48. The van der Waals surface area contributed by atoms with Gasteiger partial charge in [-0.1, -0.05) is 12.1 Å². The maximum atomic E-state index is 13.7. The number of nitrogens with one attached hydrogen (secondary N) is 2. The Hall–Kier alpha value is -3.95. The molecule has 1 saturated heterocycles. The van der Waals surface area contributed by atoms with Crippen LogP contribution < -0.4 is 10.6 Å². The maximum Gasteiger partial charge on any atom is 0.414 e. The van der Waals surface area contributed by atoms with E-state index in [9.17, 15) is 28.7 Å². The second kappa shape index (κ2) is 10.6. The average molecular weight is 511 g/mol. The number of carbonyl (C=O) groups excluding carboxylic acids is 3. The number of urea groups is 1. The van der Waals surface area contributed by atoms with E-state index in [2.05, 4.69) is 10.6 Å². The van der Waals surface area contributed by atoms with E-state index in [0.717, 1.165) is 23.1 Å². The first kappa shape index (κ1) is 26.1. The molecule has 3 N–H and O–H groups in total. The van der Waals surface area contributed by atoms with Gasteiger partial charge >= 0.3 is 12.1 Å². The van der Waals surface area contributed by atoms with Gasteiger partial charge in [-0.25, -0.2) is 18.9 Å². The third kappa shape index (κ3) is 5.28. The van der Waals surface area contributed by atoms with Gasteiger partial charge < -0.3 is 20.6 Å². The van der Waals surface area contributed by atoms with E-state index >= 15 is 0 Å². The first-order valence-electron chi connectivity index (χ1n) is 12.3. The largest absolute Gasteiger partial charge is 0.465 e. The number of anilines is 1. The first-order valence-corrected chi connectivity index (χ1v) is 12.3. The highest BCUT2D eigenvalue weighted by Crippen LogP contribution is 2.39. The molecular weight excluding hydrogens is 479 g/mol. The summed E-state index contributed by atoms with van der Waals surface area (Å²) in [5.74, 6) is -2.16. The van der Waals surface area contributed by atoms with Crippen molar-refractivity contribution >= 4 is 29.6 Å². The van der Waals surface area contributed by atoms with Crippen LogP contribution in [0.5, 0.6) is 0 Å². The van der Waals surface area contributed by atoms with Crippen LogP contribution in [0.2, 0.25) is 0 Å². The molecule has 2 aromatic rings. The van der Waals surface area contributed by atoms with Crippen molar-refractivity contribution in [3.63, 3.8) is 0 Å². The van der Waals surface area contributed by atoms with Crippen molar-refractivity contribution in [2.75, 3.05) is 18.9 Å². The van der Waals surface area contributed by atoms with Crippen molar-refractivity contribution in [1.82, 2.24) is 15.1 Å². The molecule has 3 atom stereocenters. The standard InChI is InChI=1S/C27H31FN4O5/c1-15-12-18(28)6-9-20(15)23-11-4-16(2)32(23)24(33)14-31(27(36)37)25(34)22-8-5-17-13-19(7-10-21(17)22)30-26(35)29-3/h6-7,9-10,12-13,16,22-23H,4-5,8,11,14H2,1-3H3,(H,36,37)(H2,29,30,35)/t16-,22-,23-/m0/s1. The predicted octanol–water partition coefficient (Wildman–Crippen LogP) is 4.17. The van der Waals surface area contributed by atoms with Crippen LogP contribution in [-0.2, 0) is 16.0 Å². The summed E-state index contributed by atoms with van der Waals surface area (Å²) >= 11 is 0. The zero-order valence-corrected chi connectivity index (χ0v) is 21.1. The molecule has 5 amide bonds. The Labute approximate surface area is 214 Å². The summed E-state index contributed by atoms with van der Waals surface area (Å²) in [6.45, 7) is 3.09. The summed E-state index contributed by atoms with van der Waals surface area (Å²) < 4.78 is 13.7. The Balaban J connectivity index is 1.53. The molecule has 1 heterocycles. The Morgan fingerprint density at radius 3 is 2.49 bits per heavy atom. The number of carboxylic acid groups (broad SMARTS) is 1. The SMILES string of the molecule is CNC(=O)Nc1ccc2c(c1)CC[C@@H]2C(=O)N(CC(=O)N1[C@@H](C)CC[C@H]1c1ccc(F)cc1C)C(=O)O. The molecule has 37 heavy (non-hydrogen) atoms. The van der Waals surface area contributed by atoms with Crippen molar-refractivity contribution in [2.45, 2.75) is 57.5 Å². The maximum absolute atomic E-state index is 13.7. The first-order chi connectivity index (χ1) is 17.6. The number of imide groups is 1. The molecular formula is C27H31FN4O5. The molecule has 0 radical (unpaired) electrons. The Kier molecular flexibility index (Phi) is 7.47. The number of hydrogen-bond acceptors (Lipinski definition) is 4. The van der Waals surface area contributed by atoms with Gasteiger partial charge in [0.05, 0.1) is 12.0 Å². The third-order valence-corrected chi connectivity index (χ3v) is 7.34. The predicted molar refractivity (Wildman–Crippen MR) is 135 cm³/mol. The number of likely N-dealkylation sites (tertiary alicyclic amines) is 1. The number of fused-ring (bicyclic) bond motifs is 1. The molecule has 1 aliphatic carbocycles. The second-order valence-corrected chi connectivity index (χ2v) is 9.66. The number of carbonyl (C=O) groups is 4. The number of benzene rings is 2. The lowest BCUT2D eigenvalue weighted by molar-refractivity contribution is -0.141. The summed E-state index contributed by atoms with van der Waals surface area (Å²) in [5, 5.41) is 15.0. The molecule has 4 rings (SSSR count). The molecule has 10 heteroatoms. The van der Waals surface area contributed by atoms with Crippen molar-refractivity contribution in [2.24, 2.45) is 0 Å². The van der Waals surface area contributed by atoms with Crippen LogP contribution in [0.15, 0.2) is 36.4 Å². The lowest BCUT2D eigenvalue weighted by Gasteiger charge is -2.32. The molecule has 0 saturated carbocycles. The van der Waals surface area contributed by atoms with E-state index in [-0.39, 0.29) is 23.9 Å². The molecule has 1 aliphatic heterocycles. The van der Waals surface area contributed by atoms with E-state index in [1.54, 1.807) is 36.1 Å². The molecule has 196 valence electrons. The Bertz CT molecular complexity index is 1250. The summed E-state index contributed by atoms with van der Waals surface area (Å²) in [6.07, 6.45) is 0.865. The lowest BCUT2D eigenvalue weighted by atomic mass is 9.98. The minimum Gasteiger partial charge on any atom is -0.465 e. The van der Waals surface area contributed by atoms with Gasteiger partial charge in [0, 0.05) is 18.8 Å². The number of hydrogen-bond donors (Lipinski definition) is 3. The van der Waals surface area contributed by atoms with E-state index in [4.69, 9.17) is 0 Å². The van der Waals surface area contributed by atoms with Gasteiger partial charge in [0.1, 0.15) is 12.4 Å². The topological polar surface area (TPSA) is 119 Å². The molecule has 0 spiro atoms. The summed E-state index contributed by atoms with van der Waals surface area (Å²) in [6, 6.07) is 8.76. The van der Waals surface area contributed by atoms with Gasteiger partial charge in [-0.2, -0.15) is 0 Å². The highest BCUT2D eigenvalue weighted by atomic mass is 19.1. The van der Waals surface area contributed by atoms with Crippen LogP contribution in [0.3, 0.4) is 0 Å². The van der Waals surface area contributed by atoms with Crippen LogP contribution in [0, 0.1) is 12.7 Å². The van der Waals surface area contributed by atoms with Crippen molar-refractivity contribution in [3.05, 3.63) is 64.5 Å². The monoisotopic (exact) mass is 510 g/mol. The summed E-state index contributed by atoms with van der Waals surface area (Å²) in [7, 11) is 1.51. The normalized spacial score (nSPS) is 20.3. The van der Waals surface area contributed by atoms with Gasteiger partial charge in [-0.3, -0.25) is 9.59 Å². The Morgan fingerprint density at radius 1 is 1.08 bits per heavy atom. The van der Waals surface area contributed by atoms with Gasteiger partial charge in [0.15, 0.2) is 0 Å². The Morgan fingerprint density at radius 2 is 1.81 bits per heavy atom. The van der Waals surface area contributed by atoms with E-state index in [1.807, 2.05) is 6.92 Å². The number of halogens is 1. The van der Waals surface area contributed by atoms with Gasteiger partial charge in [0.2, 0.25) is 11.8 Å². The van der Waals surface area contributed by atoms with Crippen LogP contribution in [0.4, 0.5) is 19.7 Å². The minimum absolute atomic E-state index is 0.147. The van der Waals surface area contributed by atoms with E-state index in [1.165, 1.54) is 19.2 Å². The molecule has 0 aromatic heterocycles. The van der Waals surface area contributed by atoms with E-state index in [0.29, 0.717) is 35.4 Å². The van der Waals surface area contributed by atoms with Crippen LogP contribution in [0.25, 0.3) is 0 Å². The van der Waals surface area contributed by atoms with Gasteiger partial charge in [-0.15, -0.1) is 0 Å². The fourth-order valence-corrected chi connectivity index (χ4v) is 5.51. The smallest absolute Gasteiger partial charge is 0.414 e. The average Bonchev–Trinajstić information content (AvgIpc) is 3.45. The molecule has 0 unspecified atom stereocenters. The highest BCUT2D eigenvalue weighted by Gasteiger charge is 2.40. The number of nitrogens with zero attached hydrogens (tertiary/aromatic N) is 2. The molecule has 1 fully saturated rings. The third-order valence-electron chi connectivity index (χ3n) is 7.34. The van der Waals surface area contributed by atoms with Crippen molar-refractivity contribution < 1.29 is 28.7 Å².